The average Bonchev–Trinajstić information content (AvgIpc) is 3.61. The van der Waals surface area contributed by atoms with Crippen molar-refractivity contribution < 1.29 is 0 Å². The van der Waals surface area contributed by atoms with Gasteiger partial charge in [-0.1, -0.05) is 13.0 Å². The lowest BCUT2D eigenvalue weighted by atomic mass is 10.0. The van der Waals surface area contributed by atoms with Crippen molar-refractivity contribution in [2.45, 2.75) is 26.7 Å². The van der Waals surface area contributed by atoms with E-state index in [0.29, 0.717) is 11.8 Å². The molecule has 5 aromatic rings. The Morgan fingerprint density at radius 1 is 1.03 bits per heavy atom. The standard InChI is InChI=1S/C24H24N12/c1-3-17-12-26-23(27-13-17)34-10-7-18(8-11-34)22-20-6-9-25-24(35(20)14-28-22)31-19-4-5-21(30-16(19)2)36-15-29-32-33-36/h4-7,9,12-15H,3,8,10-11H2,1-2H3,(H,25,31). The van der Waals surface area contributed by atoms with E-state index in [4.69, 9.17) is 4.98 Å². The first-order valence-electron chi connectivity index (χ1n) is 11.7. The van der Waals surface area contributed by atoms with Crippen molar-refractivity contribution in [2.75, 3.05) is 23.3 Å². The summed E-state index contributed by atoms with van der Waals surface area (Å²) in [6.45, 7) is 5.61. The Balaban J connectivity index is 1.23. The first-order valence-corrected chi connectivity index (χ1v) is 11.7. The third-order valence-electron chi connectivity index (χ3n) is 6.26. The molecule has 0 bridgehead atoms. The number of hydrogen-bond donors (Lipinski definition) is 1. The summed E-state index contributed by atoms with van der Waals surface area (Å²) in [6, 6.07) is 5.77. The molecular formula is C24H24N12. The fourth-order valence-electron chi connectivity index (χ4n) is 4.22. The molecule has 0 amide bonds. The number of nitrogens with zero attached hydrogens (tertiary/aromatic N) is 11. The Kier molecular flexibility index (Phi) is 5.52. The Hall–Kier alpha value is -4.74. The molecule has 0 aromatic carbocycles. The van der Waals surface area contributed by atoms with E-state index in [1.165, 1.54) is 16.6 Å². The van der Waals surface area contributed by atoms with Gasteiger partial charge in [-0.25, -0.2) is 24.9 Å². The van der Waals surface area contributed by atoms with Crippen LogP contribution in [0.15, 0.2) is 55.5 Å². The molecule has 1 aliphatic heterocycles. The number of nitrogens with one attached hydrogen (secondary N) is 1. The van der Waals surface area contributed by atoms with Crippen molar-refractivity contribution in [3.63, 3.8) is 0 Å². The van der Waals surface area contributed by atoms with Crippen LogP contribution in [-0.2, 0) is 6.42 Å². The molecule has 0 fully saturated rings. The predicted octanol–water partition coefficient (Wildman–Crippen LogP) is 2.80. The number of aromatic nitrogens is 10. The molecule has 12 heteroatoms. The molecule has 5 aromatic heterocycles. The number of pyridine rings is 1. The highest BCUT2D eigenvalue weighted by Gasteiger charge is 2.19. The van der Waals surface area contributed by atoms with Crippen LogP contribution in [0.4, 0.5) is 17.6 Å². The zero-order valence-corrected chi connectivity index (χ0v) is 19.9. The monoisotopic (exact) mass is 480 g/mol. The van der Waals surface area contributed by atoms with Gasteiger partial charge in [0.25, 0.3) is 0 Å². The van der Waals surface area contributed by atoms with Crippen LogP contribution in [0.25, 0.3) is 16.9 Å². The van der Waals surface area contributed by atoms with Gasteiger partial charge in [0.1, 0.15) is 12.7 Å². The molecule has 180 valence electrons. The van der Waals surface area contributed by atoms with E-state index in [1.54, 1.807) is 12.5 Å². The highest BCUT2D eigenvalue weighted by atomic mass is 15.5. The lowest BCUT2D eigenvalue weighted by Crippen LogP contribution is -2.29. The Morgan fingerprint density at radius 2 is 1.92 bits per heavy atom. The first-order chi connectivity index (χ1) is 17.7. The highest BCUT2D eigenvalue weighted by molar-refractivity contribution is 5.78. The van der Waals surface area contributed by atoms with E-state index in [2.05, 4.69) is 58.7 Å². The van der Waals surface area contributed by atoms with E-state index in [0.717, 1.165) is 60.0 Å². The summed E-state index contributed by atoms with van der Waals surface area (Å²) in [7, 11) is 0. The van der Waals surface area contributed by atoms with E-state index in [9.17, 15) is 0 Å². The molecule has 12 nitrogen and oxygen atoms in total. The fourth-order valence-corrected chi connectivity index (χ4v) is 4.22. The van der Waals surface area contributed by atoms with Gasteiger partial charge in [-0.2, -0.15) is 4.68 Å². The summed E-state index contributed by atoms with van der Waals surface area (Å²) in [4.78, 5) is 25.1. The second kappa shape index (κ2) is 9.13. The van der Waals surface area contributed by atoms with Crippen LogP contribution in [0.1, 0.15) is 30.3 Å². The Bertz CT molecular complexity index is 1540. The lowest BCUT2D eigenvalue weighted by molar-refractivity contribution is 0.768. The molecule has 6 heterocycles. The largest absolute Gasteiger partial charge is 0.337 e. The van der Waals surface area contributed by atoms with Gasteiger partial charge >= 0.3 is 0 Å². The van der Waals surface area contributed by atoms with Crippen LogP contribution in [0, 0.1) is 6.92 Å². The smallest absolute Gasteiger partial charge is 0.225 e. The highest BCUT2D eigenvalue weighted by Crippen LogP contribution is 2.28. The summed E-state index contributed by atoms with van der Waals surface area (Å²) in [5.41, 5.74) is 5.94. The normalized spacial score (nSPS) is 13.7. The van der Waals surface area contributed by atoms with Crippen LogP contribution in [0.3, 0.4) is 0 Å². The number of rotatable bonds is 6. The third-order valence-corrected chi connectivity index (χ3v) is 6.26. The van der Waals surface area contributed by atoms with Crippen molar-refractivity contribution in [3.05, 3.63) is 72.5 Å². The van der Waals surface area contributed by atoms with Crippen LogP contribution < -0.4 is 10.2 Å². The van der Waals surface area contributed by atoms with E-state index >= 15 is 0 Å². The molecule has 1 aliphatic rings. The Morgan fingerprint density at radius 3 is 2.64 bits per heavy atom. The molecule has 0 unspecified atom stereocenters. The second-order valence-electron chi connectivity index (χ2n) is 8.47. The van der Waals surface area contributed by atoms with Crippen molar-refractivity contribution >= 4 is 28.7 Å². The van der Waals surface area contributed by atoms with Crippen molar-refractivity contribution in [3.8, 4) is 5.82 Å². The summed E-state index contributed by atoms with van der Waals surface area (Å²) in [5, 5.41) is 14.6. The lowest BCUT2D eigenvalue weighted by Gasteiger charge is -2.26. The summed E-state index contributed by atoms with van der Waals surface area (Å²) in [5.74, 6) is 2.07. The Labute approximate surface area is 206 Å². The molecule has 36 heavy (non-hydrogen) atoms. The van der Waals surface area contributed by atoms with Crippen LogP contribution >= 0.6 is 0 Å². The molecule has 0 saturated carbocycles. The molecular weight excluding hydrogens is 456 g/mol. The van der Waals surface area contributed by atoms with Crippen molar-refractivity contribution in [2.24, 2.45) is 0 Å². The fraction of sp³-hybridized carbons (Fsp3) is 0.250. The molecule has 0 radical (unpaired) electrons. The van der Waals surface area contributed by atoms with Crippen molar-refractivity contribution in [1.29, 1.82) is 0 Å². The maximum atomic E-state index is 4.74. The van der Waals surface area contributed by atoms with Crippen LogP contribution in [0.5, 0.6) is 0 Å². The van der Waals surface area contributed by atoms with E-state index < -0.39 is 0 Å². The van der Waals surface area contributed by atoms with Gasteiger partial charge in [0.15, 0.2) is 5.82 Å². The zero-order valence-electron chi connectivity index (χ0n) is 19.9. The summed E-state index contributed by atoms with van der Waals surface area (Å²) >= 11 is 0. The maximum Gasteiger partial charge on any atom is 0.225 e. The molecule has 6 rings (SSSR count). The second-order valence-corrected chi connectivity index (χ2v) is 8.47. The van der Waals surface area contributed by atoms with Gasteiger partial charge in [-0.05, 0) is 59.5 Å². The van der Waals surface area contributed by atoms with Crippen LogP contribution in [-0.4, -0.2) is 62.6 Å². The quantitative estimate of drug-likeness (QED) is 0.387. The van der Waals surface area contributed by atoms with Crippen molar-refractivity contribution in [1.82, 2.24) is 49.5 Å². The predicted molar refractivity (Wildman–Crippen MR) is 134 cm³/mol. The van der Waals surface area contributed by atoms with Gasteiger partial charge in [-0.3, -0.25) is 4.40 Å². The number of hydrogen-bond acceptors (Lipinski definition) is 10. The average molecular weight is 481 g/mol. The number of imidazole rings is 1. The molecule has 0 saturated heterocycles. The minimum Gasteiger partial charge on any atom is -0.337 e. The topological polar surface area (TPSA) is 128 Å². The van der Waals surface area contributed by atoms with E-state index in [1.807, 2.05) is 41.9 Å². The van der Waals surface area contributed by atoms with Gasteiger partial charge in [-0.15, -0.1) is 5.10 Å². The van der Waals surface area contributed by atoms with Gasteiger partial charge in [0.05, 0.1) is 22.6 Å². The number of fused-ring (bicyclic) bond motifs is 1. The summed E-state index contributed by atoms with van der Waals surface area (Å²) < 4.78 is 3.48. The SMILES string of the molecule is CCc1cnc(N2CC=C(c3ncn4c(Nc5ccc(-n6cnnn6)nc5C)nccc34)CC2)nc1. The van der Waals surface area contributed by atoms with Gasteiger partial charge in [0, 0.05) is 31.7 Å². The molecule has 0 spiro atoms. The minimum atomic E-state index is 0.643. The first kappa shape index (κ1) is 21.8. The number of anilines is 3. The number of tetrazole rings is 1. The third kappa shape index (κ3) is 4.02. The van der Waals surface area contributed by atoms with Crippen LogP contribution in [0.2, 0.25) is 0 Å². The summed E-state index contributed by atoms with van der Waals surface area (Å²) in [6.07, 6.45) is 12.9. The van der Waals surface area contributed by atoms with Gasteiger partial charge in [0.2, 0.25) is 11.9 Å². The van der Waals surface area contributed by atoms with Gasteiger partial charge < -0.3 is 10.2 Å². The molecule has 0 aliphatic carbocycles. The zero-order chi connectivity index (χ0) is 24.5. The van der Waals surface area contributed by atoms with E-state index in [-0.39, 0.29) is 0 Å². The minimum absolute atomic E-state index is 0.643. The maximum absolute atomic E-state index is 4.74. The molecule has 1 N–H and O–H groups in total. The number of aryl methyl sites for hydroxylation is 2. The molecule has 0 atom stereocenters.